The summed E-state index contributed by atoms with van der Waals surface area (Å²) in [6.45, 7) is 8.61. The van der Waals surface area contributed by atoms with Crippen LogP contribution in [-0.2, 0) is 5.41 Å². The highest BCUT2D eigenvalue weighted by molar-refractivity contribution is 5.99. The third kappa shape index (κ3) is 4.94. The summed E-state index contributed by atoms with van der Waals surface area (Å²) in [6, 6.07) is 15.8. The van der Waals surface area contributed by atoms with Gasteiger partial charge in [0.25, 0.3) is 11.8 Å². The maximum Gasteiger partial charge on any atom is 0.258 e. The molecule has 0 aliphatic carbocycles. The van der Waals surface area contributed by atoms with E-state index in [0.29, 0.717) is 29.4 Å². The van der Waals surface area contributed by atoms with E-state index in [1.54, 1.807) is 6.07 Å². The lowest BCUT2D eigenvalue weighted by atomic mass is 9.96. The third-order valence-electron chi connectivity index (χ3n) is 5.04. The number of likely N-dealkylation sites (N-methyl/N-ethyl adjacent to an activating group) is 1. The van der Waals surface area contributed by atoms with Gasteiger partial charge < -0.3 is 14.7 Å². The molecule has 3 rings (SSSR count). The molecule has 2 aromatic carbocycles. The first kappa shape index (κ1) is 21.7. The highest BCUT2D eigenvalue weighted by atomic mass is 16.5. The molecular formula is C24H30N4O2. The molecule has 3 aromatic rings. The summed E-state index contributed by atoms with van der Waals surface area (Å²) < 4.78 is 5.46. The van der Waals surface area contributed by atoms with Crippen LogP contribution in [0.5, 0.6) is 0 Å². The summed E-state index contributed by atoms with van der Waals surface area (Å²) in [6.07, 6.45) is 0. The van der Waals surface area contributed by atoms with Crippen LogP contribution in [0.2, 0.25) is 0 Å². The lowest BCUT2D eigenvalue weighted by Crippen LogP contribution is -2.34. The highest BCUT2D eigenvalue weighted by Gasteiger charge is 2.24. The Kier molecular flexibility index (Phi) is 6.37. The zero-order chi connectivity index (χ0) is 21.9. The minimum Gasteiger partial charge on any atom is -0.350 e. The lowest BCUT2D eigenvalue weighted by molar-refractivity contribution is 0.0942. The monoisotopic (exact) mass is 406 g/mol. The molecular weight excluding hydrogens is 376 g/mol. The smallest absolute Gasteiger partial charge is 0.258 e. The van der Waals surface area contributed by atoms with Crippen molar-refractivity contribution in [3.63, 3.8) is 0 Å². The van der Waals surface area contributed by atoms with Crippen molar-refractivity contribution >= 4 is 5.91 Å². The van der Waals surface area contributed by atoms with Gasteiger partial charge in [-0.1, -0.05) is 67.9 Å². The first-order valence-electron chi connectivity index (χ1n) is 10.1. The quantitative estimate of drug-likeness (QED) is 0.658. The second-order valence-corrected chi connectivity index (χ2v) is 8.82. The minimum atomic E-state index is -0.230. The Labute approximate surface area is 178 Å². The summed E-state index contributed by atoms with van der Waals surface area (Å²) >= 11 is 0. The SMILES string of the molecule is Cc1ccc(C(CNC(=O)c2ccccc2-c2nc(C(C)(C)C)no2)N(C)C)cc1. The molecule has 1 atom stereocenters. The molecule has 30 heavy (non-hydrogen) atoms. The van der Waals surface area contributed by atoms with Crippen LogP contribution in [0.1, 0.15) is 54.1 Å². The number of nitrogens with one attached hydrogen (secondary N) is 1. The maximum absolute atomic E-state index is 13.0. The first-order chi connectivity index (χ1) is 14.2. The number of rotatable bonds is 6. The summed E-state index contributed by atoms with van der Waals surface area (Å²) in [4.78, 5) is 19.6. The van der Waals surface area contributed by atoms with Crippen molar-refractivity contribution in [2.24, 2.45) is 0 Å². The Morgan fingerprint density at radius 1 is 1.10 bits per heavy atom. The van der Waals surface area contributed by atoms with Gasteiger partial charge in [0, 0.05) is 12.0 Å². The van der Waals surface area contributed by atoms with Gasteiger partial charge >= 0.3 is 0 Å². The predicted octanol–water partition coefficient (Wildman–Crippen LogP) is 4.38. The van der Waals surface area contributed by atoms with E-state index in [4.69, 9.17) is 4.52 Å². The Bertz CT molecular complexity index is 1000. The van der Waals surface area contributed by atoms with Gasteiger partial charge in [0.15, 0.2) is 5.82 Å². The standard InChI is InChI=1S/C24H30N4O2/c1-16-11-13-17(14-12-16)20(28(5)6)15-25-21(29)18-9-7-8-10-19(18)22-26-23(27-30-22)24(2,3)4/h7-14,20H,15H2,1-6H3,(H,25,29). The second-order valence-electron chi connectivity index (χ2n) is 8.82. The van der Waals surface area contributed by atoms with E-state index in [1.165, 1.54) is 5.56 Å². The Morgan fingerprint density at radius 3 is 2.37 bits per heavy atom. The zero-order valence-corrected chi connectivity index (χ0v) is 18.6. The van der Waals surface area contributed by atoms with Crippen molar-refractivity contribution in [3.8, 4) is 11.5 Å². The lowest BCUT2D eigenvalue weighted by Gasteiger charge is -2.25. The molecule has 1 amide bonds. The van der Waals surface area contributed by atoms with E-state index in [2.05, 4.69) is 51.5 Å². The van der Waals surface area contributed by atoms with Gasteiger partial charge in [-0.05, 0) is 38.7 Å². The van der Waals surface area contributed by atoms with Gasteiger partial charge in [-0.2, -0.15) is 4.98 Å². The zero-order valence-electron chi connectivity index (χ0n) is 18.6. The van der Waals surface area contributed by atoms with Gasteiger partial charge in [0.2, 0.25) is 0 Å². The van der Waals surface area contributed by atoms with Crippen LogP contribution >= 0.6 is 0 Å². The molecule has 1 unspecified atom stereocenters. The fraction of sp³-hybridized carbons (Fsp3) is 0.375. The van der Waals surface area contributed by atoms with Crippen LogP contribution in [0.4, 0.5) is 0 Å². The highest BCUT2D eigenvalue weighted by Crippen LogP contribution is 2.26. The van der Waals surface area contributed by atoms with E-state index in [9.17, 15) is 4.79 Å². The van der Waals surface area contributed by atoms with Crippen LogP contribution in [0, 0.1) is 6.92 Å². The molecule has 0 radical (unpaired) electrons. The van der Waals surface area contributed by atoms with Gasteiger partial charge in [-0.15, -0.1) is 0 Å². The van der Waals surface area contributed by atoms with E-state index in [0.717, 1.165) is 5.56 Å². The normalized spacial score (nSPS) is 12.8. The molecule has 158 valence electrons. The topological polar surface area (TPSA) is 71.3 Å². The number of amides is 1. The van der Waals surface area contributed by atoms with Crippen LogP contribution in [0.15, 0.2) is 53.1 Å². The molecule has 6 nitrogen and oxygen atoms in total. The van der Waals surface area contributed by atoms with E-state index >= 15 is 0 Å². The van der Waals surface area contributed by atoms with Crippen molar-refractivity contribution in [2.75, 3.05) is 20.6 Å². The number of benzene rings is 2. The summed E-state index contributed by atoms with van der Waals surface area (Å²) in [5.74, 6) is 0.799. The van der Waals surface area contributed by atoms with Crippen molar-refractivity contribution in [2.45, 2.75) is 39.2 Å². The predicted molar refractivity (Wildman–Crippen MR) is 118 cm³/mol. The van der Waals surface area contributed by atoms with Crippen LogP contribution in [0.3, 0.4) is 0 Å². The van der Waals surface area contributed by atoms with E-state index < -0.39 is 0 Å². The second kappa shape index (κ2) is 8.79. The van der Waals surface area contributed by atoms with Gasteiger partial charge in [-0.3, -0.25) is 4.79 Å². The first-order valence-corrected chi connectivity index (χ1v) is 10.1. The molecule has 1 heterocycles. The Morgan fingerprint density at radius 2 is 1.77 bits per heavy atom. The molecule has 0 fully saturated rings. The molecule has 0 bridgehead atoms. The molecule has 0 spiro atoms. The van der Waals surface area contributed by atoms with E-state index in [1.807, 2.05) is 53.1 Å². The fourth-order valence-electron chi connectivity index (χ4n) is 3.18. The molecule has 1 N–H and O–H groups in total. The average Bonchev–Trinajstić information content (AvgIpc) is 3.20. The number of carbonyl (C=O) groups excluding carboxylic acids is 1. The molecule has 6 heteroatoms. The van der Waals surface area contributed by atoms with Gasteiger partial charge in [0.1, 0.15) is 0 Å². The van der Waals surface area contributed by atoms with Gasteiger partial charge in [-0.25, -0.2) is 0 Å². The largest absolute Gasteiger partial charge is 0.350 e. The molecule has 1 aromatic heterocycles. The summed E-state index contributed by atoms with van der Waals surface area (Å²) in [7, 11) is 4.02. The number of aromatic nitrogens is 2. The number of nitrogens with zero attached hydrogens (tertiary/aromatic N) is 3. The fourth-order valence-corrected chi connectivity index (χ4v) is 3.18. The molecule has 0 aliphatic heterocycles. The Balaban J connectivity index is 1.80. The minimum absolute atomic E-state index is 0.0672. The van der Waals surface area contributed by atoms with Crippen LogP contribution in [-0.4, -0.2) is 41.6 Å². The van der Waals surface area contributed by atoms with E-state index in [-0.39, 0.29) is 17.4 Å². The van der Waals surface area contributed by atoms with Crippen LogP contribution < -0.4 is 5.32 Å². The van der Waals surface area contributed by atoms with Crippen LogP contribution in [0.25, 0.3) is 11.5 Å². The van der Waals surface area contributed by atoms with Gasteiger partial charge in [0.05, 0.1) is 17.2 Å². The number of hydrogen-bond donors (Lipinski definition) is 1. The summed E-state index contributed by atoms with van der Waals surface area (Å²) in [5.41, 5.74) is 3.29. The number of hydrogen-bond acceptors (Lipinski definition) is 5. The third-order valence-corrected chi connectivity index (χ3v) is 5.04. The molecule has 0 saturated carbocycles. The van der Waals surface area contributed by atoms with Crippen molar-refractivity contribution < 1.29 is 9.32 Å². The molecule has 0 aliphatic rings. The molecule has 0 saturated heterocycles. The summed E-state index contributed by atoms with van der Waals surface area (Å²) in [5, 5.41) is 7.15. The number of aryl methyl sites for hydroxylation is 1. The Hall–Kier alpha value is -2.99. The number of carbonyl (C=O) groups is 1. The van der Waals surface area contributed by atoms with Crippen molar-refractivity contribution in [3.05, 3.63) is 71.0 Å². The average molecular weight is 407 g/mol. The maximum atomic E-state index is 13.0. The van der Waals surface area contributed by atoms with Crippen molar-refractivity contribution in [1.82, 2.24) is 20.4 Å². The van der Waals surface area contributed by atoms with Crippen molar-refractivity contribution in [1.29, 1.82) is 0 Å².